The van der Waals surface area contributed by atoms with E-state index in [0.717, 1.165) is 17.7 Å². The van der Waals surface area contributed by atoms with Crippen LogP contribution in [-0.2, 0) is 18.6 Å². The van der Waals surface area contributed by atoms with Crippen LogP contribution in [0.4, 0.5) is 0 Å². The molecule has 0 N–H and O–H groups in total. The van der Waals surface area contributed by atoms with Crippen molar-refractivity contribution in [3.05, 3.63) is 40.6 Å². The van der Waals surface area contributed by atoms with E-state index in [2.05, 4.69) is 37.8 Å². The van der Waals surface area contributed by atoms with E-state index in [4.69, 9.17) is 4.98 Å². The van der Waals surface area contributed by atoms with Crippen LogP contribution in [0.5, 0.6) is 0 Å². The summed E-state index contributed by atoms with van der Waals surface area (Å²) < 4.78 is 0. The van der Waals surface area contributed by atoms with Crippen molar-refractivity contribution in [2.24, 2.45) is 0 Å². The zero-order valence-electron chi connectivity index (χ0n) is 9.45. The molecule has 1 aliphatic carbocycles. The smallest absolute Gasteiger partial charge is 0.0708 e. The third-order valence-electron chi connectivity index (χ3n) is 3.44. The number of thiol groups is 1. The van der Waals surface area contributed by atoms with Crippen LogP contribution in [0.1, 0.15) is 28.8 Å². The van der Waals surface area contributed by atoms with Gasteiger partial charge in [-0.25, -0.2) is 0 Å². The summed E-state index contributed by atoms with van der Waals surface area (Å²) >= 11 is 4.49. The number of fused-ring (bicyclic) bond motifs is 2. The molecule has 0 saturated carbocycles. The van der Waals surface area contributed by atoms with Gasteiger partial charge in [-0.3, -0.25) is 4.98 Å². The van der Waals surface area contributed by atoms with Crippen LogP contribution < -0.4 is 0 Å². The molecule has 0 amide bonds. The second-order valence-corrected chi connectivity index (χ2v) is 4.86. The van der Waals surface area contributed by atoms with Crippen LogP contribution in [0, 0.1) is 6.92 Å². The van der Waals surface area contributed by atoms with Crippen LogP contribution in [0.2, 0.25) is 0 Å². The van der Waals surface area contributed by atoms with Gasteiger partial charge in [-0.1, -0.05) is 11.6 Å². The molecule has 0 radical (unpaired) electrons. The molecule has 16 heavy (non-hydrogen) atoms. The van der Waals surface area contributed by atoms with E-state index in [-0.39, 0.29) is 0 Å². The third kappa shape index (κ3) is 1.44. The molecule has 2 aromatic rings. The molecule has 0 unspecified atom stereocenters. The Hall–Kier alpha value is -1.02. The Morgan fingerprint density at radius 2 is 2.19 bits per heavy atom. The molecule has 0 aliphatic heterocycles. The summed E-state index contributed by atoms with van der Waals surface area (Å²) in [6.45, 7) is 2.13. The Morgan fingerprint density at radius 1 is 1.31 bits per heavy atom. The molecule has 0 spiro atoms. The quantitative estimate of drug-likeness (QED) is 0.739. The van der Waals surface area contributed by atoms with Gasteiger partial charge in [0, 0.05) is 16.8 Å². The molecule has 0 saturated heterocycles. The summed E-state index contributed by atoms with van der Waals surface area (Å²) in [4.78, 5) is 4.77. The normalized spacial score (nSPS) is 14.4. The first-order valence-corrected chi connectivity index (χ1v) is 6.44. The van der Waals surface area contributed by atoms with E-state index in [9.17, 15) is 0 Å². The summed E-state index contributed by atoms with van der Waals surface area (Å²) in [6, 6.07) is 6.52. The standard InChI is InChI=1S/C14H15NS/c1-9-5-6-14-11(7-9)12(8-16)10-3-2-4-13(10)15-14/h5-7,16H,2-4,8H2,1H3. The van der Waals surface area contributed by atoms with Crippen molar-refractivity contribution in [3.63, 3.8) is 0 Å². The fraction of sp³-hybridized carbons (Fsp3) is 0.357. The van der Waals surface area contributed by atoms with E-state index in [1.807, 2.05) is 0 Å². The van der Waals surface area contributed by atoms with E-state index in [1.54, 1.807) is 0 Å². The van der Waals surface area contributed by atoms with Crippen molar-refractivity contribution in [2.45, 2.75) is 31.9 Å². The highest BCUT2D eigenvalue weighted by atomic mass is 32.1. The number of benzene rings is 1. The number of pyridine rings is 1. The molecule has 0 bridgehead atoms. The Morgan fingerprint density at radius 3 is 3.00 bits per heavy atom. The lowest BCUT2D eigenvalue weighted by atomic mass is 10.0. The van der Waals surface area contributed by atoms with Crippen LogP contribution in [0.15, 0.2) is 18.2 Å². The van der Waals surface area contributed by atoms with Crippen LogP contribution >= 0.6 is 12.6 Å². The van der Waals surface area contributed by atoms with Gasteiger partial charge in [-0.05, 0) is 49.4 Å². The maximum atomic E-state index is 4.77. The molecule has 1 aromatic carbocycles. The topological polar surface area (TPSA) is 12.9 Å². The number of hydrogen-bond donors (Lipinski definition) is 1. The van der Waals surface area contributed by atoms with Gasteiger partial charge >= 0.3 is 0 Å². The molecule has 0 atom stereocenters. The maximum Gasteiger partial charge on any atom is 0.0708 e. The zero-order chi connectivity index (χ0) is 11.1. The Balaban J connectivity index is 2.40. The van der Waals surface area contributed by atoms with Crippen molar-refractivity contribution in [1.29, 1.82) is 0 Å². The molecule has 82 valence electrons. The van der Waals surface area contributed by atoms with Crippen LogP contribution in [-0.4, -0.2) is 4.98 Å². The first-order chi connectivity index (χ1) is 7.79. The van der Waals surface area contributed by atoms with Crippen molar-refractivity contribution < 1.29 is 0 Å². The second-order valence-electron chi connectivity index (χ2n) is 4.55. The first kappa shape index (κ1) is 10.2. The minimum Gasteiger partial charge on any atom is -0.253 e. The Labute approximate surface area is 101 Å². The Bertz CT molecular complexity index is 560. The molecular formula is C14H15NS. The summed E-state index contributed by atoms with van der Waals surface area (Å²) in [5, 5.41) is 1.30. The lowest BCUT2D eigenvalue weighted by molar-refractivity contribution is 0.900. The van der Waals surface area contributed by atoms with Gasteiger partial charge in [-0.2, -0.15) is 12.6 Å². The second kappa shape index (κ2) is 3.77. The Kier molecular flexibility index (Phi) is 2.40. The van der Waals surface area contributed by atoms with Gasteiger partial charge in [0.2, 0.25) is 0 Å². The molecule has 2 heteroatoms. The summed E-state index contributed by atoms with van der Waals surface area (Å²) in [7, 11) is 0. The van der Waals surface area contributed by atoms with E-state index in [1.165, 1.54) is 40.6 Å². The highest BCUT2D eigenvalue weighted by Crippen LogP contribution is 2.31. The molecule has 0 fully saturated rings. The monoisotopic (exact) mass is 229 g/mol. The SMILES string of the molecule is Cc1ccc2nc3c(c(CS)c2c1)CCC3. The third-order valence-corrected chi connectivity index (χ3v) is 3.76. The van der Waals surface area contributed by atoms with Gasteiger partial charge in [0.25, 0.3) is 0 Å². The lowest BCUT2D eigenvalue weighted by Gasteiger charge is -2.10. The minimum atomic E-state index is 0.824. The summed E-state index contributed by atoms with van der Waals surface area (Å²) in [5.41, 5.74) is 6.61. The average molecular weight is 229 g/mol. The van der Waals surface area contributed by atoms with E-state index >= 15 is 0 Å². The van der Waals surface area contributed by atoms with E-state index in [0.29, 0.717) is 0 Å². The molecule has 3 rings (SSSR count). The predicted molar refractivity (Wildman–Crippen MR) is 71.2 cm³/mol. The fourth-order valence-electron chi connectivity index (χ4n) is 2.65. The first-order valence-electron chi connectivity index (χ1n) is 5.81. The van der Waals surface area contributed by atoms with Crippen molar-refractivity contribution in [2.75, 3.05) is 0 Å². The summed E-state index contributed by atoms with van der Waals surface area (Å²) in [6.07, 6.45) is 3.57. The zero-order valence-corrected chi connectivity index (χ0v) is 10.3. The van der Waals surface area contributed by atoms with Crippen molar-refractivity contribution >= 4 is 23.5 Å². The predicted octanol–water partition coefficient (Wildman–Crippen LogP) is 3.46. The van der Waals surface area contributed by atoms with Gasteiger partial charge in [0.05, 0.1) is 5.52 Å². The molecule has 1 aliphatic rings. The van der Waals surface area contributed by atoms with Crippen molar-refractivity contribution in [3.8, 4) is 0 Å². The number of aromatic nitrogens is 1. The highest BCUT2D eigenvalue weighted by Gasteiger charge is 2.18. The van der Waals surface area contributed by atoms with E-state index < -0.39 is 0 Å². The van der Waals surface area contributed by atoms with Crippen LogP contribution in [0.25, 0.3) is 10.9 Å². The fourth-order valence-corrected chi connectivity index (χ4v) is 3.02. The highest BCUT2D eigenvalue weighted by molar-refractivity contribution is 7.79. The van der Waals surface area contributed by atoms with Gasteiger partial charge in [0.15, 0.2) is 0 Å². The largest absolute Gasteiger partial charge is 0.253 e. The molecule has 1 nitrogen and oxygen atoms in total. The number of nitrogens with zero attached hydrogens (tertiary/aromatic N) is 1. The maximum absolute atomic E-state index is 4.77. The number of aryl methyl sites for hydroxylation is 2. The van der Waals surface area contributed by atoms with Gasteiger partial charge in [0.1, 0.15) is 0 Å². The van der Waals surface area contributed by atoms with Gasteiger partial charge < -0.3 is 0 Å². The lowest BCUT2D eigenvalue weighted by Crippen LogP contribution is -1.97. The molecular weight excluding hydrogens is 214 g/mol. The van der Waals surface area contributed by atoms with Crippen LogP contribution in [0.3, 0.4) is 0 Å². The minimum absolute atomic E-state index is 0.824. The van der Waals surface area contributed by atoms with Crippen molar-refractivity contribution in [1.82, 2.24) is 4.98 Å². The number of hydrogen-bond acceptors (Lipinski definition) is 2. The molecule has 1 aromatic heterocycles. The average Bonchev–Trinajstić information content (AvgIpc) is 2.73. The summed E-state index contributed by atoms with van der Waals surface area (Å²) in [5.74, 6) is 0.824. The number of rotatable bonds is 1. The van der Waals surface area contributed by atoms with Gasteiger partial charge in [-0.15, -0.1) is 0 Å². The molecule has 1 heterocycles.